The van der Waals surface area contributed by atoms with Crippen LogP contribution in [0.1, 0.15) is 122 Å². The number of unbranched alkanes of at least 4 members (excludes halogenated alkanes) is 14. The predicted octanol–water partition coefficient (Wildman–Crippen LogP) is 6.42. The monoisotopic (exact) mass is 577 g/mol. The molecule has 0 unspecified atom stereocenters. The molecule has 232 valence electrons. The van der Waals surface area contributed by atoms with Crippen LogP contribution in [0.5, 0.6) is 0 Å². The number of anilines is 1. The third-order valence-corrected chi connectivity index (χ3v) is 7.60. The van der Waals surface area contributed by atoms with Gasteiger partial charge in [0.2, 0.25) is 11.4 Å². The zero-order valence-electron chi connectivity index (χ0n) is 24.8. The number of nitro groups is 1. The minimum absolute atomic E-state index is 0.103. The van der Waals surface area contributed by atoms with Crippen molar-refractivity contribution in [2.75, 3.05) is 18.5 Å². The molecule has 0 saturated heterocycles. The number of aromatic nitrogens is 2. The summed E-state index contributed by atoms with van der Waals surface area (Å²) in [6, 6.07) is 2.31. The van der Waals surface area contributed by atoms with E-state index in [1.54, 1.807) is 6.07 Å². The Morgan fingerprint density at radius 2 is 1.49 bits per heavy atom. The van der Waals surface area contributed by atoms with Gasteiger partial charge in [0.1, 0.15) is 0 Å². The average Bonchev–Trinajstić information content (AvgIpc) is 3.46. The summed E-state index contributed by atoms with van der Waals surface area (Å²) in [7, 11) is 0. The van der Waals surface area contributed by atoms with Crippen molar-refractivity contribution in [1.82, 2.24) is 15.6 Å². The van der Waals surface area contributed by atoms with E-state index in [9.17, 15) is 25.1 Å². The van der Waals surface area contributed by atoms with Gasteiger partial charge in [0, 0.05) is 19.0 Å². The number of nitrogens with one attached hydrogen (secondary N) is 2. The highest BCUT2D eigenvalue weighted by atomic mass is 16.6. The van der Waals surface area contributed by atoms with Gasteiger partial charge in [-0.1, -0.05) is 96.8 Å². The molecule has 0 spiro atoms. The van der Waals surface area contributed by atoms with Gasteiger partial charge in [-0.05, 0) is 35.6 Å². The lowest BCUT2D eigenvalue weighted by atomic mass is 10.0. The van der Waals surface area contributed by atoms with Gasteiger partial charge in [0.15, 0.2) is 5.52 Å². The number of aliphatic hydroxyl groups is 2. The average molecular weight is 578 g/mol. The number of carbonyl (C=O) groups excluding carboxylic acids is 1. The highest BCUT2D eigenvalue weighted by molar-refractivity contribution is 5.93. The molecule has 0 aliphatic heterocycles. The van der Waals surface area contributed by atoms with Gasteiger partial charge in [-0.25, -0.2) is 4.63 Å². The van der Waals surface area contributed by atoms with Crippen LogP contribution in [0.3, 0.4) is 0 Å². The zero-order chi connectivity index (χ0) is 29.7. The first kappa shape index (κ1) is 34.4. The second-order valence-corrected chi connectivity index (χ2v) is 11.0. The summed E-state index contributed by atoms with van der Waals surface area (Å²) in [5, 5.41) is 44.6. The molecule has 1 aromatic heterocycles. The molecule has 0 aliphatic carbocycles. The van der Waals surface area contributed by atoms with E-state index in [4.69, 9.17) is 0 Å². The lowest BCUT2D eigenvalue weighted by Gasteiger charge is -2.22. The van der Waals surface area contributed by atoms with Gasteiger partial charge >= 0.3 is 5.69 Å². The topological polar surface area (TPSA) is 164 Å². The molecule has 0 bridgehead atoms. The van der Waals surface area contributed by atoms with Crippen LogP contribution in [0.15, 0.2) is 16.8 Å². The van der Waals surface area contributed by atoms with E-state index >= 15 is 0 Å². The summed E-state index contributed by atoms with van der Waals surface area (Å²) in [4.78, 5) is 22.9. The smallest absolute Gasteiger partial charge is 0.300 e. The predicted molar refractivity (Wildman–Crippen MR) is 161 cm³/mol. The van der Waals surface area contributed by atoms with Crippen molar-refractivity contribution in [2.45, 2.75) is 135 Å². The molecule has 4 N–H and O–H groups in total. The Labute approximate surface area is 244 Å². The Bertz CT molecular complexity index is 1000. The van der Waals surface area contributed by atoms with Crippen molar-refractivity contribution in [3.8, 4) is 0 Å². The number of nitrogens with zero attached hydrogens (tertiary/aromatic N) is 3. The van der Waals surface area contributed by atoms with Crippen molar-refractivity contribution in [1.29, 1.82) is 0 Å². The molecule has 0 fully saturated rings. The summed E-state index contributed by atoms with van der Waals surface area (Å²) in [5.74, 6) is -0.174. The highest BCUT2D eigenvalue weighted by Gasteiger charge is 2.21. The largest absolute Gasteiger partial charge is 0.394 e. The Kier molecular flexibility index (Phi) is 17.6. The summed E-state index contributed by atoms with van der Waals surface area (Å²) in [6.07, 6.45) is 18.8. The Morgan fingerprint density at radius 1 is 0.902 bits per heavy atom. The normalized spacial score (nSPS) is 12.9. The van der Waals surface area contributed by atoms with E-state index in [0.717, 1.165) is 25.7 Å². The maximum Gasteiger partial charge on any atom is 0.300 e. The minimum atomic E-state index is -0.745. The van der Waals surface area contributed by atoms with Crippen molar-refractivity contribution in [3.05, 3.63) is 22.2 Å². The third-order valence-electron chi connectivity index (χ3n) is 7.60. The number of aliphatic hydroxyl groups excluding tert-OH is 2. The van der Waals surface area contributed by atoms with E-state index in [-0.39, 0.29) is 23.7 Å². The van der Waals surface area contributed by atoms with Crippen LogP contribution in [0.2, 0.25) is 0 Å². The fourth-order valence-electron chi connectivity index (χ4n) is 5.07. The molecule has 2 aromatic rings. The van der Waals surface area contributed by atoms with E-state index in [1.807, 2.05) is 0 Å². The van der Waals surface area contributed by atoms with Crippen molar-refractivity contribution < 1.29 is 24.6 Å². The zero-order valence-corrected chi connectivity index (χ0v) is 24.8. The van der Waals surface area contributed by atoms with Gasteiger partial charge in [0.25, 0.3) is 0 Å². The second kappa shape index (κ2) is 21.0. The van der Waals surface area contributed by atoms with Crippen LogP contribution in [0.25, 0.3) is 11.0 Å². The highest BCUT2D eigenvalue weighted by Crippen LogP contribution is 2.28. The number of carbonyl (C=O) groups is 1. The van der Waals surface area contributed by atoms with Crippen molar-refractivity contribution >= 4 is 28.3 Å². The number of rotatable bonds is 25. The molecule has 1 amide bonds. The maximum absolute atomic E-state index is 12.3. The van der Waals surface area contributed by atoms with E-state index in [2.05, 4.69) is 32.5 Å². The van der Waals surface area contributed by atoms with E-state index < -0.39 is 17.1 Å². The second-order valence-electron chi connectivity index (χ2n) is 11.0. The summed E-state index contributed by atoms with van der Waals surface area (Å²) < 4.78 is 4.66. The first-order valence-electron chi connectivity index (χ1n) is 15.7. The number of amides is 1. The van der Waals surface area contributed by atoms with Crippen LogP contribution in [0, 0.1) is 10.1 Å². The van der Waals surface area contributed by atoms with Gasteiger partial charge in [-0.3, -0.25) is 14.9 Å². The van der Waals surface area contributed by atoms with Gasteiger partial charge in [-0.15, -0.1) is 0 Å². The lowest BCUT2D eigenvalue weighted by molar-refractivity contribution is -0.383. The molecular formula is C30H51N5O6. The minimum Gasteiger partial charge on any atom is -0.394 e. The van der Waals surface area contributed by atoms with Gasteiger partial charge in [-0.2, -0.15) is 0 Å². The van der Waals surface area contributed by atoms with Crippen LogP contribution < -0.4 is 10.6 Å². The lowest BCUT2D eigenvalue weighted by Crippen LogP contribution is -2.45. The maximum atomic E-state index is 12.3. The fraction of sp³-hybridized carbons (Fsp3) is 0.767. The molecule has 2 rings (SSSR count). The number of hydrogen-bond donors (Lipinski definition) is 4. The van der Waals surface area contributed by atoms with Gasteiger partial charge < -0.3 is 20.8 Å². The third kappa shape index (κ3) is 13.6. The molecule has 41 heavy (non-hydrogen) atoms. The molecule has 0 saturated carbocycles. The Hall–Kier alpha value is -2.79. The summed E-state index contributed by atoms with van der Waals surface area (Å²) in [6.45, 7) is 2.56. The molecule has 11 heteroatoms. The number of hydrogen-bond acceptors (Lipinski definition) is 9. The van der Waals surface area contributed by atoms with Crippen LogP contribution in [-0.2, 0) is 4.79 Å². The first-order valence-corrected chi connectivity index (χ1v) is 15.7. The number of non-ortho nitro benzene ring substituents is 1. The van der Waals surface area contributed by atoms with Crippen molar-refractivity contribution in [2.24, 2.45) is 0 Å². The Balaban J connectivity index is 1.49. The van der Waals surface area contributed by atoms with Crippen LogP contribution in [0.4, 0.5) is 11.4 Å². The standard InChI is InChI=1S/C30H51N5O6/c1-2-3-4-5-6-7-8-9-10-11-12-13-15-18-27(37)25(23-36)32-28(38)19-16-14-17-22-31-24-20-21-26(35(39)40)30-29(24)33-41-34-30/h20-21,25,27,31,36-37H,2-19,22-23H2,1H3,(H,32,38)/t25-,27-/m1/s1. The number of fused-ring (bicyclic) bond motifs is 1. The van der Waals surface area contributed by atoms with Crippen LogP contribution >= 0.6 is 0 Å². The van der Waals surface area contributed by atoms with E-state index in [0.29, 0.717) is 37.0 Å². The quantitative estimate of drug-likeness (QED) is 0.0592. The first-order chi connectivity index (χ1) is 20.0. The molecular weight excluding hydrogens is 526 g/mol. The molecule has 0 radical (unpaired) electrons. The van der Waals surface area contributed by atoms with E-state index in [1.165, 1.54) is 76.7 Å². The Morgan fingerprint density at radius 3 is 2.10 bits per heavy atom. The molecule has 1 aromatic carbocycles. The SMILES string of the molecule is CCCCCCCCCCCCCCC[C@@H](O)[C@@H](CO)NC(=O)CCCCCNc1ccc([N+](=O)[O-])c2nonc12. The number of nitro benzene ring substituents is 1. The fourth-order valence-corrected chi connectivity index (χ4v) is 5.07. The van der Waals surface area contributed by atoms with Crippen LogP contribution in [-0.4, -0.2) is 56.7 Å². The molecule has 11 nitrogen and oxygen atoms in total. The number of benzene rings is 1. The summed E-state index contributed by atoms with van der Waals surface area (Å²) in [5.41, 5.74) is 0.860. The van der Waals surface area contributed by atoms with Gasteiger partial charge in [0.05, 0.1) is 29.4 Å². The van der Waals surface area contributed by atoms with Crippen molar-refractivity contribution in [3.63, 3.8) is 0 Å². The molecule has 0 aliphatic rings. The molecule has 1 heterocycles. The summed E-state index contributed by atoms with van der Waals surface area (Å²) >= 11 is 0. The molecule has 2 atom stereocenters.